The van der Waals surface area contributed by atoms with Gasteiger partial charge in [-0.05, 0) is 48.7 Å². The molecule has 2 unspecified atom stereocenters. The summed E-state index contributed by atoms with van der Waals surface area (Å²) in [6.45, 7) is 0.756. The van der Waals surface area contributed by atoms with E-state index < -0.39 is 29.3 Å². The number of nitrogens with zero attached hydrogens (tertiary/aromatic N) is 1. The summed E-state index contributed by atoms with van der Waals surface area (Å²) < 4.78 is 24.8. The van der Waals surface area contributed by atoms with E-state index in [1.54, 1.807) is 12.1 Å². The average molecular weight is 427 g/mol. The van der Waals surface area contributed by atoms with E-state index in [4.69, 9.17) is 9.47 Å². The number of benzene rings is 2. The minimum Gasteiger partial charge on any atom is -0.508 e. The van der Waals surface area contributed by atoms with Crippen LogP contribution in [-0.2, 0) is 14.3 Å². The summed E-state index contributed by atoms with van der Waals surface area (Å²) in [6.07, 6.45) is 1.39. The van der Waals surface area contributed by atoms with E-state index in [0.29, 0.717) is 12.2 Å². The molecule has 0 aliphatic carbocycles. The van der Waals surface area contributed by atoms with Crippen molar-refractivity contribution in [1.82, 2.24) is 4.90 Å². The number of rotatable bonds is 5. The number of ether oxygens (including phenoxy) is 2. The number of hydrogen-bond acceptors (Lipinski definition) is 6. The van der Waals surface area contributed by atoms with Crippen molar-refractivity contribution in [2.75, 3.05) is 20.3 Å². The lowest BCUT2D eigenvalue weighted by molar-refractivity contribution is -0.140. The van der Waals surface area contributed by atoms with Crippen molar-refractivity contribution >= 4 is 17.4 Å². The molecular weight excluding hydrogens is 405 g/mol. The van der Waals surface area contributed by atoms with Crippen LogP contribution in [-0.4, -0.2) is 53.2 Å². The number of Topliss-reactive ketones (excluding diaryl/α,β-unsaturated/α-hetero) is 1. The number of aliphatic hydroxyl groups excluding tert-OH is 1. The summed E-state index contributed by atoms with van der Waals surface area (Å²) in [5.41, 5.74) is 0.325. The van der Waals surface area contributed by atoms with Crippen LogP contribution in [0.2, 0.25) is 0 Å². The van der Waals surface area contributed by atoms with Crippen molar-refractivity contribution in [3.63, 3.8) is 0 Å². The van der Waals surface area contributed by atoms with Crippen LogP contribution in [0.3, 0.4) is 0 Å². The van der Waals surface area contributed by atoms with E-state index in [9.17, 15) is 24.2 Å². The number of methoxy groups -OCH3 is 1. The summed E-state index contributed by atoms with van der Waals surface area (Å²) in [5, 5.41) is 20.7. The Hall–Kier alpha value is -3.39. The number of aromatic hydroxyl groups is 1. The van der Waals surface area contributed by atoms with Gasteiger partial charge in [-0.25, -0.2) is 4.39 Å². The fourth-order valence-corrected chi connectivity index (χ4v) is 4.09. The first-order valence-electron chi connectivity index (χ1n) is 9.93. The molecule has 8 heteroatoms. The number of phenols is 1. The number of hydrogen-bond donors (Lipinski definition) is 2. The molecule has 2 aliphatic rings. The van der Waals surface area contributed by atoms with Crippen molar-refractivity contribution in [3.8, 4) is 11.5 Å². The lowest BCUT2D eigenvalue weighted by Crippen LogP contribution is -2.36. The Labute approximate surface area is 178 Å². The van der Waals surface area contributed by atoms with Gasteiger partial charge < -0.3 is 24.6 Å². The van der Waals surface area contributed by atoms with E-state index in [0.717, 1.165) is 18.9 Å². The van der Waals surface area contributed by atoms with Gasteiger partial charge in [-0.15, -0.1) is 0 Å². The Morgan fingerprint density at radius 1 is 1.23 bits per heavy atom. The number of phenolic OH excluding ortho intramolecular Hbond substituents is 1. The van der Waals surface area contributed by atoms with Crippen LogP contribution in [0, 0.1) is 5.82 Å². The van der Waals surface area contributed by atoms with Gasteiger partial charge in [-0.3, -0.25) is 9.59 Å². The Kier molecular flexibility index (Phi) is 5.65. The molecule has 2 atom stereocenters. The Bertz CT molecular complexity index is 1040. The molecule has 4 rings (SSSR count). The molecule has 0 radical (unpaired) electrons. The number of carbonyl (C=O) groups excluding carboxylic acids is 2. The van der Waals surface area contributed by atoms with E-state index in [-0.39, 0.29) is 35.3 Å². The highest BCUT2D eigenvalue weighted by atomic mass is 19.1. The van der Waals surface area contributed by atoms with Gasteiger partial charge in [-0.1, -0.05) is 12.1 Å². The molecule has 162 valence electrons. The summed E-state index contributed by atoms with van der Waals surface area (Å²) in [5.74, 6) is -2.62. The molecule has 2 aromatic carbocycles. The zero-order chi connectivity index (χ0) is 22.1. The number of aliphatic hydroxyl groups is 1. The number of amides is 1. The van der Waals surface area contributed by atoms with Crippen LogP contribution >= 0.6 is 0 Å². The molecule has 0 aromatic heterocycles. The first-order valence-corrected chi connectivity index (χ1v) is 9.93. The van der Waals surface area contributed by atoms with Crippen molar-refractivity contribution < 1.29 is 33.7 Å². The van der Waals surface area contributed by atoms with E-state index >= 15 is 0 Å². The molecule has 2 aromatic rings. The summed E-state index contributed by atoms with van der Waals surface area (Å²) >= 11 is 0. The third-order valence-corrected chi connectivity index (χ3v) is 5.59. The zero-order valence-corrected chi connectivity index (χ0v) is 16.9. The number of halogens is 1. The molecule has 2 heterocycles. The predicted octanol–water partition coefficient (Wildman–Crippen LogP) is 3.14. The SMILES string of the molecule is COc1ccc(F)cc1/C(O)=C1\C(=O)C(=O)N(CC2CCCO2)C1c1ccc(O)cc1. The van der Waals surface area contributed by atoms with E-state index in [2.05, 4.69) is 0 Å². The average Bonchev–Trinajstić information content (AvgIpc) is 3.36. The first kappa shape index (κ1) is 20.9. The second kappa shape index (κ2) is 8.39. The van der Waals surface area contributed by atoms with Crippen LogP contribution < -0.4 is 4.74 Å². The minimum atomic E-state index is -0.919. The Morgan fingerprint density at radius 3 is 2.61 bits per heavy atom. The normalized spacial score (nSPS) is 22.8. The standard InChI is InChI=1S/C23H22FNO6/c1-30-18-9-6-14(24)11-17(18)21(27)19-20(13-4-7-15(26)8-5-13)25(23(29)22(19)28)12-16-3-2-10-31-16/h4-9,11,16,20,26-27H,2-3,10,12H2,1H3/b21-19+. The molecule has 0 bridgehead atoms. The minimum absolute atomic E-state index is 0.0200. The van der Waals surface area contributed by atoms with Crippen LogP contribution in [0.25, 0.3) is 5.76 Å². The highest BCUT2D eigenvalue weighted by molar-refractivity contribution is 6.46. The molecule has 7 nitrogen and oxygen atoms in total. The van der Waals surface area contributed by atoms with Crippen molar-refractivity contribution in [3.05, 3.63) is 65.0 Å². The van der Waals surface area contributed by atoms with Gasteiger partial charge in [0.1, 0.15) is 23.1 Å². The first-order chi connectivity index (χ1) is 14.9. The molecule has 31 heavy (non-hydrogen) atoms. The Balaban J connectivity index is 1.87. The van der Waals surface area contributed by atoms with Gasteiger partial charge in [-0.2, -0.15) is 0 Å². The molecule has 0 saturated carbocycles. The summed E-state index contributed by atoms with van der Waals surface area (Å²) in [7, 11) is 1.36. The Morgan fingerprint density at radius 2 is 1.97 bits per heavy atom. The highest BCUT2D eigenvalue weighted by Gasteiger charge is 2.47. The maximum atomic E-state index is 13.9. The van der Waals surface area contributed by atoms with Gasteiger partial charge in [0.2, 0.25) is 0 Å². The fourth-order valence-electron chi connectivity index (χ4n) is 4.09. The smallest absolute Gasteiger partial charge is 0.295 e. The molecule has 1 amide bonds. The van der Waals surface area contributed by atoms with Crippen molar-refractivity contribution in [1.29, 1.82) is 0 Å². The second-order valence-corrected chi connectivity index (χ2v) is 7.52. The quantitative estimate of drug-likeness (QED) is 0.432. The van der Waals surface area contributed by atoms with Gasteiger partial charge in [0.05, 0.1) is 30.4 Å². The molecule has 2 fully saturated rings. The lowest BCUT2D eigenvalue weighted by atomic mass is 9.94. The van der Waals surface area contributed by atoms with Crippen molar-refractivity contribution in [2.45, 2.75) is 25.0 Å². The van der Waals surface area contributed by atoms with Crippen LogP contribution in [0.1, 0.15) is 30.0 Å². The topological polar surface area (TPSA) is 96.3 Å². The van der Waals surface area contributed by atoms with E-state index in [1.807, 2.05) is 0 Å². The van der Waals surface area contributed by atoms with E-state index in [1.165, 1.54) is 36.3 Å². The van der Waals surface area contributed by atoms with Gasteiger partial charge in [0, 0.05) is 13.2 Å². The summed E-state index contributed by atoms with van der Waals surface area (Å²) in [4.78, 5) is 27.3. The van der Waals surface area contributed by atoms with Gasteiger partial charge >= 0.3 is 0 Å². The van der Waals surface area contributed by atoms with Crippen LogP contribution in [0.5, 0.6) is 11.5 Å². The highest BCUT2D eigenvalue weighted by Crippen LogP contribution is 2.41. The lowest BCUT2D eigenvalue weighted by Gasteiger charge is -2.27. The number of carbonyl (C=O) groups is 2. The molecule has 2 N–H and O–H groups in total. The largest absolute Gasteiger partial charge is 0.508 e. The van der Waals surface area contributed by atoms with Crippen molar-refractivity contribution in [2.24, 2.45) is 0 Å². The third-order valence-electron chi connectivity index (χ3n) is 5.59. The maximum absolute atomic E-state index is 13.9. The van der Waals surface area contributed by atoms with Crippen LogP contribution in [0.4, 0.5) is 4.39 Å². The van der Waals surface area contributed by atoms with Crippen LogP contribution in [0.15, 0.2) is 48.0 Å². The monoisotopic (exact) mass is 427 g/mol. The maximum Gasteiger partial charge on any atom is 0.295 e. The second-order valence-electron chi connectivity index (χ2n) is 7.52. The van der Waals surface area contributed by atoms with Gasteiger partial charge in [0.15, 0.2) is 0 Å². The van der Waals surface area contributed by atoms with Gasteiger partial charge in [0.25, 0.3) is 11.7 Å². The predicted molar refractivity (Wildman–Crippen MR) is 109 cm³/mol. The molecule has 0 spiro atoms. The molecule has 2 saturated heterocycles. The summed E-state index contributed by atoms with van der Waals surface area (Å²) in [6, 6.07) is 8.66. The molecular formula is C23H22FNO6. The number of ketones is 1. The molecule has 2 aliphatic heterocycles. The zero-order valence-electron chi connectivity index (χ0n) is 16.9. The fraction of sp³-hybridized carbons (Fsp3) is 0.304. The number of likely N-dealkylation sites (tertiary alicyclic amines) is 1. The third kappa shape index (κ3) is 3.86.